The van der Waals surface area contributed by atoms with E-state index >= 15 is 0 Å². The van der Waals surface area contributed by atoms with Crippen molar-refractivity contribution in [2.24, 2.45) is 0 Å². The lowest BCUT2D eigenvalue weighted by Gasteiger charge is -2.06. The summed E-state index contributed by atoms with van der Waals surface area (Å²) < 4.78 is 6.61. The van der Waals surface area contributed by atoms with Gasteiger partial charge in [-0.15, -0.1) is 0 Å². The van der Waals surface area contributed by atoms with Crippen LogP contribution >= 0.6 is 15.9 Å². The maximum atomic E-state index is 12.2. The molecule has 0 bridgehead atoms. The average molecular weight is 442 g/mol. The van der Waals surface area contributed by atoms with Crippen LogP contribution in [0.1, 0.15) is 33.0 Å². The van der Waals surface area contributed by atoms with Gasteiger partial charge in [0.15, 0.2) is 5.76 Å². The molecule has 2 N–H and O–H groups in total. The van der Waals surface area contributed by atoms with E-state index in [1.54, 1.807) is 30.5 Å². The van der Waals surface area contributed by atoms with Gasteiger partial charge in [-0.25, -0.2) is 0 Å². The van der Waals surface area contributed by atoms with Crippen molar-refractivity contribution in [3.8, 4) is 11.3 Å². The molecule has 0 atom stereocenters. The number of hydrogen-bond donors (Lipinski definition) is 2. The summed E-state index contributed by atoms with van der Waals surface area (Å²) in [6.45, 7) is 2.75. The van der Waals surface area contributed by atoms with Gasteiger partial charge in [0.25, 0.3) is 11.8 Å². The molecule has 144 valence electrons. The highest BCUT2D eigenvalue weighted by atomic mass is 79.9. The molecule has 0 aliphatic heterocycles. The summed E-state index contributed by atoms with van der Waals surface area (Å²) in [5.41, 5.74) is 2.28. The Morgan fingerprint density at radius 1 is 0.964 bits per heavy atom. The lowest BCUT2D eigenvalue weighted by molar-refractivity contribution is 0.0926. The third-order valence-electron chi connectivity index (χ3n) is 4.06. The number of benzene rings is 1. The highest BCUT2D eigenvalue weighted by molar-refractivity contribution is 9.10. The quantitative estimate of drug-likeness (QED) is 0.543. The molecule has 0 saturated heterocycles. The van der Waals surface area contributed by atoms with E-state index in [2.05, 4.69) is 31.5 Å². The first kappa shape index (κ1) is 19.8. The molecule has 0 aliphatic carbocycles. The van der Waals surface area contributed by atoms with Crippen LogP contribution in [0.3, 0.4) is 0 Å². The number of carbonyl (C=O) groups is 2. The molecule has 2 heterocycles. The van der Waals surface area contributed by atoms with Crippen molar-refractivity contribution < 1.29 is 14.0 Å². The summed E-state index contributed by atoms with van der Waals surface area (Å²) in [5, 5.41) is 5.59. The number of furan rings is 1. The van der Waals surface area contributed by atoms with Gasteiger partial charge in [-0.2, -0.15) is 0 Å². The van der Waals surface area contributed by atoms with Gasteiger partial charge >= 0.3 is 0 Å². The van der Waals surface area contributed by atoms with Gasteiger partial charge in [0, 0.05) is 35.0 Å². The number of hydrogen-bond acceptors (Lipinski definition) is 4. The fourth-order valence-electron chi connectivity index (χ4n) is 2.51. The molecule has 3 aromatic rings. The van der Waals surface area contributed by atoms with Crippen LogP contribution in [0.25, 0.3) is 11.3 Å². The van der Waals surface area contributed by atoms with E-state index in [-0.39, 0.29) is 17.6 Å². The van der Waals surface area contributed by atoms with Gasteiger partial charge in [-0.05, 0) is 49.7 Å². The Kier molecular flexibility index (Phi) is 6.60. The van der Waals surface area contributed by atoms with Crippen LogP contribution in [0.4, 0.5) is 0 Å². The molecule has 0 saturated carbocycles. The van der Waals surface area contributed by atoms with Crippen LogP contribution in [0, 0.1) is 6.92 Å². The molecular formula is C21H20BrN3O3. The van der Waals surface area contributed by atoms with Crippen molar-refractivity contribution in [3.05, 3.63) is 76.2 Å². The summed E-state index contributed by atoms with van der Waals surface area (Å²) >= 11 is 3.39. The number of amides is 2. The Morgan fingerprint density at radius 2 is 1.68 bits per heavy atom. The molecule has 3 rings (SSSR count). The summed E-state index contributed by atoms with van der Waals surface area (Å²) in [4.78, 5) is 28.3. The number of carbonyl (C=O) groups excluding carboxylic acids is 2. The third-order valence-corrected chi connectivity index (χ3v) is 4.59. The number of aryl methyl sites for hydroxylation is 1. The Bertz CT molecular complexity index is 950. The number of nitrogens with zero attached hydrogens (tertiary/aromatic N) is 1. The van der Waals surface area contributed by atoms with E-state index in [9.17, 15) is 9.59 Å². The molecule has 0 fully saturated rings. The molecule has 0 unspecified atom stereocenters. The fourth-order valence-corrected chi connectivity index (χ4v) is 2.78. The molecule has 1 aromatic carbocycles. The number of rotatable bonds is 7. The lowest BCUT2D eigenvalue weighted by Crippen LogP contribution is -2.29. The first-order valence-electron chi connectivity index (χ1n) is 8.88. The van der Waals surface area contributed by atoms with Crippen molar-refractivity contribution in [1.29, 1.82) is 0 Å². The topological polar surface area (TPSA) is 84.2 Å². The zero-order valence-corrected chi connectivity index (χ0v) is 17.0. The van der Waals surface area contributed by atoms with E-state index in [1.807, 2.05) is 31.2 Å². The van der Waals surface area contributed by atoms with Gasteiger partial charge in [0.1, 0.15) is 5.76 Å². The maximum Gasteiger partial charge on any atom is 0.287 e. The molecular weight excluding hydrogens is 422 g/mol. The van der Waals surface area contributed by atoms with Crippen molar-refractivity contribution in [2.75, 3.05) is 13.1 Å². The fraction of sp³-hybridized carbons (Fsp3) is 0.190. The van der Waals surface area contributed by atoms with Crippen LogP contribution in [-0.4, -0.2) is 29.9 Å². The molecule has 6 nitrogen and oxygen atoms in total. The summed E-state index contributed by atoms with van der Waals surface area (Å²) in [6, 6.07) is 14.6. The van der Waals surface area contributed by atoms with Crippen molar-refractivity contribution >= 4 is 27.7 Å². The predicted octanol–water partition coefficient (Wildman–Crippen LogP) is 3.96. The molecule has 2 aromatic heterocycles. The highest BCUT2D eigenvalue weighted by Gasteiger charge is 2.12. The smallest absolute Gasteiger partial charge is 0.287 e. The van der Waals surface area contributed by atoms with Gasteiger partial charge in [-0.1, -0.05) is 28.1 Å². The van der Waals surface area contributed by atoms with Crippen LogP contribution in [0.15, 0.2) is 63.6 Å². The number of pyridine rings is 1. The predicted molar refractivity (Wildman–Crippen MR) is 110 cm³/mol. The minimum atomic E-state index is -0.280. The second-order valence-corrected chi connectivity index (χ2v) is 7.14. The van der Waals surface area contributed by atoms with Crippen molar-refractivity contribution in [1.82, 2.24) is 15.6 Å². The van der Waals surface area contributed by atoms with E-state index in [0.29, 0.717) is 30.8 Å². The summed E-state index contributed by atoms with van der Waals surface area (Å²) in [5.74, 6) is 0.436. The number of halogens is 1. The van der Waals surface area contributed by atoms with Crippen LogP contribution < -0.4 is 10.6 Å². The summed E-state index contributed by atoms with van der Waals surface area (Å²) in [7, 11) is 0. The minimum absolute atomic E-state index is 0.177. The number of nitrogens with one attached hydrogen (secondary N) is 2. The van der Waals surface area contributed by atoms with Gasteiger partial charge in [0.2, 0.25) is 0 Å². The Hall–Kier alpha value is -2.93. The first-order valence-corrected chi connectivity index (χ1v) is 9.67. The van der Waals surface area contributed by atoms with Crippen LogP contribution in [0.2, 0.25) is 0 Å². The number of aromatic nitrogens is 1. The second-order valence-electron chi connectivity index (χ2n) is 6.22. The van der Waals surface area contributed by atoms with Gasteiger partial charge in [0.05, 0.1) is 5.56 Å². The Balaban J connectivity index is 1.41. The average Bonchev–Trinajstić information content (AvgIpc) is 3.19. The molecule has 0 radical (unpaired) electrons. The standard InChI is InChI=1S/C21H20BrN3O3/c1-14-3-4-16(13-25-14)20(26)23-11-2-12-24-21(27)19-10-9-18(28-19)15-5-7-17(22)8-6-15/h3-10,13H,2,11-12H2,1H3,(H,23,26)(H,24,27). The van der Waals surface area contributed by atoms with Crippen LogP contribution in [-0.2, 0) is 0 Å². The molecule has 0 aliphatic rings. The monoisotopic (exact) mass is 441 g/mol. The van der Waals surface area contributed by atoms with E-state index < -0.39 is 0 Å². The van der Waals surface area contributed by atoms with Crippen molar-refractivity contribution in [3.63, 3.8) is 0 Å². The largest absolute Gasteiger partial charge is 0.451 e. The molecule has 0 spiro atoms. The normalized spacial score (nSPS) is 10.5. The van der Waals surface area contributed by atoms with E-state index in [4.69, 9.17) is 4.42 Å². The molecule has 7 heteroatoms. The first-order chi connectivity index (χ1) is 13.5. The molecule has 28 heavy (non-hydrogen) atoms. The Labute approximate surface area is 171 Å². The SMILES string of the molecule is Cc1ccc(C(=O)NCCCNC(=O)c2ccc(-c3ccc(Br)cc3)o2)cn1. The highest BCUT2D eigenvalue weighted by Crippen LogP contribution is 2.23. The Morgan fingerprint density at radius 3 is 2.36 bits per heavy atom. The molecule has 2 amide bonds. The van der Waals surface area contributed by atoms with E-state index in [0.717, 1.165) is 15.7 Å². The van der Waals surface area contributed by atoms with E-state index in [1.165, 1.54) is 0 Å². The van der Waals surface area contributed by atoms with Gasteiger partial charge in [-0.3, -0.25) is 14.6 Å². The second kappa shape index (κ2) is 9.32. The zero-order valence-electron chi connectivity index (χ0n) is 15.4. The van der Waals surface area contributed by atoms with Gasteiger partial charge < -0.3 is 15.1 Å². The zero-order chi connectivity index (χ0) is 19.9. The lowest BCUT2D eigenvalue weighted by atomic mass is 10.2. The van der Waals surface area contributed by atoms with Crippen LogP contribution in [0.5, 0.6) is 0 Å². The third kappa shape index (κ3) is 5.29. The van der Waals surface area contributed by atoms with Crippen molar-refractivity contribution in [2.45, 2.75) is 13.3 Å². The summed E-state index contributed by atoms with van der Waals surface area (Å²) in [6.07, 6.45) is 2.16. The minimum Gasteiger partial charge on any atom is -0.451 e. The maximum absolute atomic E-state index is 12.2.